The highest BCUT2D eigenvalue weighted by molar-refractivity contribution is 9.10. The molecule has 0 heterocycles. The third-order valence-corrected chi connectivity index (χ3v) is 4.62. The van der Waals surface area contributed by atoms with Crippen LogP contribution in [-0.2, 0) is 0 Å². The zero-order valence-electron chi connectivity index (χ0n) is 11.0. The second-order valence-electron chi connectivity index (χ2n) is 4.23. The van der Waals surface area contributed by atoms with Gasteiger partial charge in [0.15, 0.2) is 0 Å². The highest BCUT2D eigenvalue weighted by Crippen LogP contribution is 2.38. The van der Waals surface area contributed by atoms with E-state index in [1.54, 1.807) is 37.4 Å². The Bertz CT molecular complexity index is 707. The van der Waals surface area contributed by atoms with Gasteiger partial charge in [0.1, 0.15) is 0 Å². The third kappa shape index (κ3) is 3.43. The number of carbonyl (C=O) groups is 1. The smallest absolute Gasteiger partial charge is 0.251 e. The first-order valence-corrected chi connectivity index (χ1v) is 7.51. The van der Waals surface area contributed by atoms with Crippen molar-refractivity contribution in [3.63, 3.8) is 0 Å². The molecule has 0 aliphatic carbocycles. The third-order valence-electron chi connectivity index (χ3n) is 2.85. The summed E-state index contributed by atoms with van der Waals surface area (Å²) in [5, 5.41) is 6.42. The van der Waals surface area contributed by atoms with Crippen LogP contribution in [0.5, 0.6) is 0 Å². The fourth-order valence-corrected chi connectivity index (χ4v) is 2.54. The van der Waals surface area contributed by atoms with Crippen LogP contribution in [0.1, 0.15) is 10.4 Å². The number of rotatable bonds is 3. The summed E-state index contributed by atoms with van der Waals surface area (Å²) in [5.41, 5.74) is 8.09. The van der Waals surface area contributed by atoms with E-state index in [2.05, 4.69) is 26.6 Å². The molecule has 2 rings (SSSR count). The number of hydrogen-bond acceptors (Lipinski definition) is 3. The van der Waals surface area contributed by atoms with E-state index in [0.717, 1.165) is 0 Å². The molecule has 110 valence electrons. The van der Waals surface area contributed by atoms with Gasteiger partial charge in [-0.05, 0) is 46.3 Å². The van der Waals surface area contributed by atoms with Gasteiger partial charge in [0.25, 0.3) is 5.91 Å². The predicted octanol–water partition coefficient (Wildman–Crippen LogP) is 4.44. The lowest BCUT2D eigenvalue weighted by molar-refractivity contribution is 0.0963. The van der Waals surface area contributed by atoms with E-state index in [1.165, 1.54) is 0 Å². The molecule has 7 heteroatoms. The lowest BCUT2D eigenvalue weighted by Gasteiger charge is -2.13. The van der Waals surface area contributed by atoms with Crippen LogP contribution in [-0.4, -0.2) is 13.0 Å². The van der Waals surface area contributed by atoms with Crippen molar-refractivity contribution in [2.75, 3.05) is 18.1 Å². The van der Waals surface area contributed by atoms with E-state index < -0.39 is 0 Å². The molecule has 2 aromatic carbocycles. The van der Waals surface area contributed by atoms with Crippen molar-refractivity contribution in [2.24, 2.45) is 0 Å². The first-order chi connectivity index (χ1) is 9.93. The molecule has 0 atom stereocenters. The van der Waals surface area contributed by atoms with Gasteiger partial charge in [-0.15, -0.1) is 0 Å². The summed E-state index contributed by atoms with van der Waals surface area (Å²) in [6.45, 7) is 0. The van der Waals surface area contributed by atoms with E-state index in [0.29, 0.717) is 37.1 Å². The molecule has 0 spiro atoms. The fourth-order valence-electron chi connectivity index (χ4n) is 1.72. The van der Waals surface area contributed by atoms with Gasteiger partial charge in [-0.25, -0.2) is 0 Å². The molecule has 0 aromatic heterocycles. The molecule has 0 fully saturated rings. The Kier molecular flexibility index (Phi) is 4.98. The molecule has 2 aromatic rings. The molecule has 0 radical (unpaired) electrons. The van der Waals surface area contributed by atoms with Crippen molar-refractivity contribution in [3.05, 3.63) is 50.4 Å². The maximum absolute atomic E-state index is 11.7. The second-order valence-corrected chi connectivity index (χ2v) is 5.84. The van der Waals surface area contributed by atoms with E-state index in [4.69, 9.17) is 28.9 Å². The summed E-state index contributed by atoms with van der Waals surface area (Å²) in [6.07, 6.45) is 0. The number of benzene rings is 2. The maximum atomic E-state index is 11.7. The van der Waals surface area contributed by atoms with Crippen LogP contribution in [0.3, 0.4) is 0 Å². The molecule has 0 unspecified atom stereocenters. The largest absolute Gasteiger partial charge is 0.397 e. The minimum atomic E-state index is -0.196. The molecular weight excluding hydrogens is 377 g/mol. The summed E-state index contributed by atoms with van der Waals surface area (Å²) in [5.74, 6) is -0.196. The second kappa shape index (κ2) is 6.56. The summed E-state index contributed by atoms with van der Waals surface area (Å²) < 4.78 is 0.701. The Morgan fingerprint density at radius 3 is 2.52 bits per heavy atom. The lowest BCUT2D eigenvalue weighted by Crippen LogP contribution is -2.18. The van der Waals surface area contributed by atoms with Crippen molar-refractivity contribution in [1.29, 1.82) is 0 Å². The lowest BCUT2D eigenvalue weighted by atomic mass is 10.1. The monoisotopic (exact) mass is 387 g/mol. The summed E-state index contributed by atoms with van der Waals surface area (Å²) in [4.78, 5) is 11.7. The molecule has 4 nitrogen and oxygen atoms in total. The van der Waals surface area contributed by atoms with E-state index in [-0.39, 0.29) is 5.91 Å². The first-order valence-electron chi connectivity index (χ1n) is 5.96. The standard InChI is InChI=1S/C14H12BrCl2N3O/c1-19-14(21)7-2-4-9(18)11(6-7)20-10-5-3-8(15)12(16)13(10)17/h2-6,20H,18H2,1H3,(H,19,21). The summed E-state index contributed by atoms with van der Waals surface area (Å²) in [6, 6.07) is 8.50. The normalized spacial score (nSPS) is 10.3. The van der Waals surface area contributed by atoms with Crippen molar-refractivity contribution in [1.82, 2.24) is 5.32 Å². The SMILES string of the molecule is CNC(=O)c1ccc(N)c(Nc2ccc(Br)c(Cl)c2Cl)c1. The Balaban J connectivity index is 2.40. The zero-order chi connectivity index (χ0) is 15.6. The van der Waals surface area contributed by atoms with E-state index >= 15 is 0 Å². The number of halogens is 3. The van der Waals surface area contributed by atoms with Crippen LogP contribution in [0.15, 0.2) is 34.8 Å². The molecule has 0 saturated carbocycles. The summed E-state index contributed by atoms with van der Waals surface area (Å²) >= 11 is 15.6. The zero-order valence-corrected chi connectivity index (χ0v) is 14.1. The first kappa shape index (κ1) is 15.9. The van der Waals surface area contributed by atoms with Crippen molar-refractivity contribution < 1.29 is 4.79 Å². The van der Waals surface area contributed by atoms with Gasteiger partial charge in [-0.2, -0.15) is 0 Å². The van der Waals surface area contributed by atoms with Gasteiger partial charge in [0.2, 0.25) is 0 Å². The molecule has 4 N–H and O–H groups in total. The van der Waals surface area contributed by atoms with Gasteiger partial charge >= 0.3 is 0 Å². The van der Waals surface area contributed by atoms with Crippen LogP contribution in [0, 0.1) is 0 Å². The van der Waals surface area contributed by atoms with Gasteiger partial charge in [-0.3, -0.25) is 4.79 Å². The number of nitrogens with one attached hydrogen (secondary N) is 2. The van der Waals surface area contributed by atoms with Crippen LogP contribution in [0.25, 0.3) is 0 Å². The molecule has 21 heavy (non-hydrogen) atoms. The Morgan fingerprint density at radius 1 is 1.14 bits per heavy atom. The average molecular weight is 389 g/mol. The quantitative estimate of drug-likeness (QED) is 0.537. The number of anilines is 3. The minimum absolute atomic E-state index is 0.196. The molecule has 0 aliphatic heterocycles. The van der Waals surface area contributed by atoms with Crippen LogP contribution in [0.4, 0.5) is 17.1 Å². The molecule has 0 saturated heterocycles. The number of carbonyl (C=O) groups excluding carboxylic acids is 1. The molecule has 0 aliphatic rings. The number of nitrogens with two attached hydrogens (primary N) is 1. The highest BCUT2D eigenvalue weighted by atomic mass is 79.9. The molecule has 1 amide bonds. The van der Waals surface area contributed by atoms with Crippen LogP contribution < -0.4 is 16.4 Å². The predicted molar refractivity (Wildman–Crippen MR) is 91.7 cm³/mol. The summed E-state index contributed by atoms with van der Waals surface area (Å²) in [7, 11) is 1.57. The molecule has 0 bridgehead atoms. The Labute approximate surface area is 140 Å². The number of amides is 1. The highest BCUT2D eigenvalue weighted by Gasteiger charge is 2.11. The Hall–Kier alpha value is -1.43. The van der Waals surface area contributed by atoms with Gasteiger partial charge in [0.05, 0.1) is 27.1 Å². The minimum Gasteiger partial charge on any atom is -0.397 e. The van der Waals surface area contributed by atoms with E-state index in [9.17, 15) is 4.79 Å². The van der Waals surface area contributed by atoms with Crippen molar-refractivity contribution in [2.45, 2.75) is 0 Å². The van der Waals surface area contributed by atoms with Crippen LogP contribution >= 0.6 is 39.1 Å². The van der Waals surface area contributed by atoms with Crippen molar-refractivity contribution >= 4 is 62.1 Å². The molecular formula is C14H12BrCl2N3O. The fraction of sp³-hybridized carbons (Fsp3) is 0.0714. The van der Waals surface area contributed by atoms with Gasteiger partial charge < -0.3 is 16.4 Å². The van der Waals surface area contributed by atoms with E-state index in [1.807, 2.05) is 0 Å². The van der Waals surface area contributed by atoms with Gasteiger partial charge in [0, 0.05) is 17.1 Å². The maximum Gasteiger partial charge on any atom is 0.251 e. The Morgan fingerprint density at radius 2 is 1.86 bits per heavy atom. The van der Waals surface area contributed by atoms with Crippen LogP contribution in [0.2, 0.25) is 10.0 Å². The number of hydrogen-bond donors (Lipinski definition) is 3. The average Bonchev–Trinajstić information content (AvgIpc) is 2.49. The van der Waals surface area contributed by atoms with Gasteiger partial charge in [-0.1, -0.05) is 23.2 Å². The number of nitrogen functional groups attached to an aromatic ring is 1. The topological polar surface area (TPSA) is 67.2 Å². The van der Waals surface area contributed by atoms with Crippen molar-refractivity contribution in [3.8, 4) is 0 Å².